The van der Waals surface area contributed by atoms with Crippen LogP contribution in [0.2, 0.25) is 0 Å². The van der Waals surface area contributed by atoms with Gasteiger partial charge in [0.25, 0.3) is 5.56 Å². The Bertz CT molecular complexity index is 553. The number of aromatic nitrogens is 2. The van der Waals surface area contributed by atoms with Gasteiger partial charge in [-0.15, -0.1) is 0 Å². The molecule has 2 N–H and O–H groups in total. The van der Waals surface area contributed by atoms with Gasteiger partial charge in [0.05, 0.1) is 16.9 Å². The van der Waals surface area contributed by atoms with E-state index in [1.54, 1.807) is 0 Å². The van der Waals surface area contributed by atoms with Gasteiger partial charge in [-0.1, -0.05) is 18.2 Å². The third kappa shape index (κ3) is 1.39. The zero-order valence-corrected chi connectivity index (χ0v) is 8.86. The van der Waals surface area contributed by atoms with E-state index in [0.717, 1.165) is 29.9 Å². The van der Waals surface area contributed by atoms with Crippen molar-refractivity contribution < 1.29 is 0 Å². The summed E-state index contributed by atoms with van der Waals surface area (Å²) in [6.07, 6.45) is 0.892. The normalized spacial score (nSPS) is 14.8. The van der Waals surface area contributed by atoms with Crippen LogP contribution in [-0.4, -0.2) is 16.3 Å². The first-order chi connectivity index (χ1) is 7.86. The number of nitrogens with zero attached hydrogens (tertiary/aromatic N) is 1. The molecule has 0 radical (unpaired) electrons. The van der Waals surface area contributed by atoms with E-state index in [1.807, 2.05) is 35.0 Å². The molecule has 0 saturated carbocycles. The van der Waals surface area contributed by atoms with Gasteiger partial charge in [0, 0.05) is 19.5 Å². The van der Waals surface area contributed by atoms with E-state index in [2.05, 4.69) is 10.4 Å². The van der Waals surface area contributed by atoms with Gasteiger partial charge in [-0.2, -0.15) is 0 Å². The number of fused-ring (bicyclic) bond motifs is 1. The second kappa shape index (κ2) is 3.64. The number of para-hydroxylation sites is 1. The number of aromatic amines is 1. The lowest BCUT2D eigenvalue weighted by Crippen LogP contribution is -2.26. The molecule has 2 aromatic rings. The number of hydrogen-bond donors (Lipinski definition) is 2. The Kier molecular flexibility index (Phi) is 2.15. The van der Waals surface area contributed by atoms with E-state index in [0.29, 0.717) is 6.54 Å². The maximum atomic E-state index is 11.7. The molecule has 1 aliphatic rings. The molecule has 0 spiro atoms. The molecule has 3 rings (SSSR count). The number of rotatable bonds is 1. The van der Waals surface area contributed by atoms with Gasteiger partial charge < -0.3 is 5.32 Å². The summed E-state index contributed by atoms with van der Waals surface area (Å²) in [7, 11) is 0. The maximum Gasteiger partial charge on any atom is 0.269 e. The van der Waals surface area contributed by atoms with Crippen molar-refractivity contribution in [1.82, 2.24) is 15.1 Å². The molecule has 0 aliphatic carbocycles. The third-order valence-electron chi connectivity index (χ3n) is 2.96. The van der Waals surface area contributed by atoms with Crippen LogP contribution in [-0.2, 0) is 13.0 Å². The second-order valence-corrected chi connectivity index (χ2v) is 3.96. The van der Waals surface area contributed by atoms with Gasteiger partial charge in [-0.3, -0.25) is 14.6 Å². The predicted octanol–water partition coefficient (Wildman–Crippen LogP) is 0.811. The summed E-state index contributed by atoms with van der Waals surface area (Å²) in [5, 5.41) is 6.11. The Morgan fingerprint density at radius 3 is 2.81 bits per heavy atom. The molecule has 2 heterocycles. The van der Waals surface area contributed by atoms with Crippen molar-refractivity contribution in [3.8, 4) is 5.69 Å². The lowest BCUT2D eigenvalue weighted by Gasteiger charge is -2.14. The minimum atomic E-state index is 0.0195. The predicted molar refractivity (Wildman–Crippen MR) is 61.8 cm³/mol. The average molecular weight is 215 g/mol. The SMILES string of the molecule is O=c1[nH]n(-c2ccccc2)c2c1CNCC2. The first kappa shape index (κ1) is 9.42. The van der Waals surface area contributed by atoms with Crippen LogP contribution in [0.4, 0.5) is 0 Å². The molecular formula is C12H13N3O. The van der Waals surface area contributed by atoms with Crippen LogP contribution in [0.25, 0.3) is 5.69 Å². The smallest absolute Gasteiger partial charge is 0.269 e. The van der Waals surface area contributed by atoms with E-state index in [4.69, 9.17) is 0 Å². The zero-order chi connectivity index (χ0) is 11.0. The second-order valence-electron chi connectivity index (χ2n) is 3.96. The van der Waals surface area contributed by atoms with Gasteiger partial charge in [0.1, 0.15) is 0 Å². The summed E-state index contributed by atoms with van der Waals surface area (Å²) >= 11 is 0. The van der Waals surface area contributed by atoms with Crippen LogP contribution in [0.15, 0.2) is 35.1 Å². The summed E-state index contributed by atoms with van der Waals surface area (Å²) in [5.74, 6) is 0. The van der Waals surface area contributed by atoms with E-state index in [9.17, 15) is 4.79 Å². The minimum Gasteiger partial charge on any atom is -0.312 e. The highest BCUT2D eigenvalue weighted by molar-refractivity contribution is 5.35. The Hall–Kier alpha value is -1.81. The quantitative estimate of drug-likeness (QED) is 0.739. The van der Waals surface area contributed by atoms with Gasteiger partial charge in [0.15, 0.2) is 0 Å². The highest BCUT2D eigenvalue weighted by Crippen LogP contribution is 2.14. The molecule has 0 saturated heterocycles. The van der Waals surface area contributed by atoms with E-state index >= 15 is 0 Å². The molecule has 1 aliphatic heterocycles. The Balaban J connectivity index is 2.19. The molecule has 0 fully saturated rings. The highest BCUT2D eigenvalue weighted by Gasteiger charge is 2.18. The largest absolute Gasteiger partial charge is 0.312 e. The zero-order valence-electron chi connectivity index (χ0n) is 8.86. The molecule has 0 atom stereocenters. The molecule has 82 valence electrons. The van der Waals surface area contributed by atoms with E-state index in [1.165, 1.54) is 0 Å². The Labute approximate surface area is 92.9 Å². The van der Waals surface area contributed by atoms with Crippen LogP contribution in [0.3, 0.4) is 0 Å². The molecule has 1 aromatic heterocycles. The van der Waals surface area contributed by atoms with Crippen molar-refractivity contribution in [2.45, 2.75) is 13.0 Å². The summed E-state index contributed by atoms with van der Waals surface area (Å²) < 4.78 is 1.90. The standard InChI is InChI=1S/C12H13N3O/c16-12-10-8-13-7-6-11(10)15(14-12)9-4-2-1-3-5-9/h1-5,13H,6-8H2,(H,14,16). The lowest BCUT2D eigenvalue weighted by atomic mass is 10.1. The van der Waals surface area contributed by atoms with E-state index < -0.39 is 0 Å². The number of nitrogens with one attached hydrogen (secondary N) is 2. The number of hydrogen-bond acceptors (Lipinski definition) is 2. The van der Waals surface area contributed by atoms with Crippen molar-refractivity contribution in [1.29, 1.82) is 0 Å². The van der Waals surface area contributed by atoms with Gasteiger partial charge in [-0.05, 0) is 12.1 Å². The topological polar surface area (TPSA) is 49.8 Å². The molecule has 4 nitrogen and oxygen atoms in total. The Morgan fingerprint density at radius 2 is 2.00 bits per heavy atom. The summed E-state index contributed by atoms with van der Waals surface area (Å²) in [4.78, 5) is 11.7. The van der Waals surface area contributed by atoms with E-state index in [-0.39, 0.29) is 5.56 Å². The molecule has 1 aromatic carbocycles. The summed E-state index contributed by atoms with van der Waals surface area (Å²) in [5.41, 5.74) is 3.01. The van der Waals surface area contributed by atoms with Crippen molar-refractivity contribution in [2.75, 3.05) is 6.54 Å². The number of H-pyrrole nitrogens is 1. The fourth-order valence-electron chi connectivity index (χ4n) is 2.17. The highest BCUT2D eigenvalue weighted by atomic mass is 16.1. The lowest BCUT2D eigenvalue weighted by molar-refractivity contribution is 0.622. The summed E-state index contributed by atoms with van der Waals surface area (Å²) in [6.45, 7) is 1.60. The van der Waals surface area contributed by atoms with Gasteiger partial charge >= 0.3 is 0 Å². The third-order valence-corrected chi connectivity index (χ3v) is 2.96. The van der Waals surface area contributed by atoms with Crippen LogP contribution >= 0.6 is 0 Å². The van der Waals surface area contributed by atoms with Gasteiger partial charge in [0.2, 0.25) is 0 Å². The van der Waals surface area contributed by atoms with Crippen molar-refractivity contribution in [3.63, 3.8) is 0 Å². The monoisotopic (exact) mass is 215 g/mol. The maximum absolute atomic E-state index is 11.7. The first-order valence-electron chi connectivity index (χ1n) is 5.45. The van der Waals surface area contributed by atoms with Crippen LogP contribution in [0.1, 0.15) is 11.3 Å². The molecular weight excluding hydrogens is 202 g/mol. The molecule has 0 unspecified atom stereocenters. The van der Waals surface area contributed by atoms with Crippen molar-refractivity contribution >= 4 is 0 Å². The molecule has 0 amide bonds. The summed E-state index contributed by atoms with van der Waals surface area (Å²) in [6, 6.07) is 9.91. The minimum absolute atomic E-state index is 0.0195. The number of benzene rings is 1. The average Bonchev–Trinajstić information content (AvgIpc) is 2.69. The van der Waals surface area contributed by atoms with Crippen molar-refractivity contribution in [2.24, 2.45) is 0 Å². The fraction of sp³-hybridized carbons (Fsp3) is 0.250. The molecule has 16 heavy (non-hydrogen) atoms. The van der Waals surface area contributed by atoms with Crippen LogP contribution in [0, 0.1) is 0 Å². The van der Waals surface area contributed by atoms with Crippen LogP contribution in [0.5, 0.6) is 0 Å². The Morgan fingerprint density at radius 1 is 1.19 bits per heavy atom. The molecule has 0 bridgehead atoms. The van der Waals surface area contributed by atoms with Crippen LogP contribution < -0.4 is 10.9 Å². The van der Waals surface area contributed by atoms with Crippen molar-refractivity contribution in [3.05, 3.63) is 51.9 Å². The fourth-order valence-corrected chi connectivity index (χ4v) is 2.17. The molecule has 4 heteroatoms. The van der Waals surface area contributed by atoms with Gasteiger partial charge in [-0.25, -0.2) is 0 Å². The first-order valence-corrected chi connectivity index (χ1v) is 5.45.